The lowest BCUT2D eigenvalue weighted by atomic mass is 10.00. The summed E-state index contributed by atoms with van der Waals surface area (Å²) < 4.78 is 6.20. The molecule has 0 fully saturated rings. The molecule has 0 bridgehead atoms. The molecular formula is C42H27NO. The van der Waals surface area contributed by atoms with Crippen LogP contribution in [-0.4, -0.2) is 0 Å². The van der Waals surface area contributed by atoms with E-state index in [0.29, 0.717) is 0 Å². The molecule has 0 saturated carbocycles. The Labute approximate surface area is 255 Å². The van der Waals surface area contributed by atoms with Crippen molar-refractivity contribution in [3.63, 3.8) is 0 Å². The lowest BCUT2D eigenvalue weighted by Crippen LogP contribution is -2.10. The van der Waals surface area contributed by atoms with E-state index in [0.717, 1.165) is 44.4 Å². The first-order chi connectivity index (χ1) is 21.8. The second-order valence-electron chi connectivity index (χ2n) is 11.4. The molecule has 0 N–H and O–H groups in total. The van der Waals surface area contributed by atoms with Gasteiger partial charge in [-0.1, -0.05) is 109 Å². The number of fused-ring (bicyclic) bond motifs is 7. The number of furan rings is 1. The summed E-state index contributed by atoms with van der Waals surface area (Å²) in [6.07, 6.45) is 0. The molecule has 0 spiro atoms. The van der Waals surface area contributed by atoms with Crippen LogP contribution in [0.5, 0.6) is 0 Å². The van der Waals surface area contributed by atoms with Gasteiger partial charge in [-0.2, -0.15) is 0 Å². The van der Waals surface area contributed by atoms with Crippen LogP contribution < -0.4 is 4.90 Å². The van der Waals surface area contributed by atoms with Gasteiger partial charge in [-0.25, -0.2) is 0 Å². The Morgan fingerprint density at radius 3 is 1.86 bits per heavy atom. The Balaban J connectivity index is 1.28. The first-order valence-corrected chi connectivity index (χ1v) is 15.0. The lowest BCUT2D eigenvalue weighted by molar-refractivity contribution is 0.669. The van der Waals surface area contributed by atoms with Gasteiger partial charge in [0.05, 0.1) is 0 Å². The third kappa shape index (κ3) is 4.04. The second kappa shape index (κ2) is 9.86. The topological polar surface area (TPSA) is 16.4 Å². The Morgan fingerprint density at radius 2 is 0.977 bits per heavy atom. The highest BCUT2D eigenvalue weighted by atomic mass is 16.3. The first-order valence-electron chi connectivity index (χ1n) is 15.0. The maximum absolute atomic E-state index is 6.20. The van der Waals surface area contributed by atoms with Crippen molar-refractivity contribution in [2.75, 3.05) is 4.90 Å². The fourth-order valence-electron chi connectivity index (χ4n) is 6.63. The molecule has 2 heteroatoms. The van der Waals surface area contributed by atoms with Crippen molar-refractivity contribution in [2.45, 2.75) is 0 Å². The number of benzene rings is 8. The monoisotopic (exact) mass is 561 g/mol. The highest BCUT2D eigenvalue weighted by Crippen LogP contribution is 2.41. The van der Waals surface area contributed by atoms with Gasteiger partial charge in [0, 0.05) is 27.8 Å². The van der Waals surface area contributed by atoms with E-state index in [2.05, 4.69) is 157 Å². The lowest BCUT2D eigenvalue weighted by Gasteiger charge is -2.27. The van der Waals surface area contributed by atoms with Gasteiger partial charge in [0.2, 0.25) is 0 Å². The molecule has 0 radical (unpaired) electrons. The summed E-state index contributed by atoms with van der Waals surface area (Å²) in [6.45, 7) is 0. The minimum absolute atomic E-state index is 0.917. The van der Waals surface area contributed by atoms with Gasteiger partial charge in [-0.15, -0.1) is 0 Å². The Bertz CT molecular complexity index is 2510. The maximum atomic E-state index is 6.20. The Kier molecular flexibility index (Phi) is 5.54. The number of para-hydroxylation sites is 1. The number of nitrogens with zero attached hydrogens (tertiary/aromatic N) is 1. The van der Waals surface area contributed by atoms with Gasteiger partial charge in [-0.3, -0.25) is 0 Å². The van der Waals surface area contributed by atoms with E-state index in [4.69, 9.17) is 4.42 Å². The maximum Gasteiger partial charge on any atom is 0.136 e. The molecular weight excluding hydrogens is 534 g/mol. The third-order valence-corrected chi connectivity index (χ3v) is 8.78. The number of rotatable bonds is 4. The van der Waals surface area contributed by atoms with Crippen molar-refractivity contribution in [3.8, 4) is 11.1 Å². The van der Waals surface area contributed by atoms with Crippen LogP contribution in [0.15, 0.2) is 168 Å². The molecule has 206 valence electrons. The first kappa shape index (κ1) is 24.7. The minimum atomic E-state index is 0.917. The van der Waals surface area contributed by atoms with Crippen molar-refractivity contribution >= 4 is 71.3 Å². The van der Waals surface area contributed by atoms with Crippen molar-refractivity contribution in [2.24, 2.45) is 0 Å². The predicted octanol–water partition coefficient (Wildman–Crippen LogP) is 12.2. The van der Waals surface area contributed by atoms with Crippen LogP contribution in [0.4, 0.5) is 17.1 Å². The van der Waals surface area contributed by atoms with Crippen LogP contribution in [0.25, 0.3) is 65.4 Å². The van der Waals surface area contributed by atoms with Crippen LogP contribution in [-0.2, 0) is 0 Å². The van der Waals surface area contributed by atoms with E-state index in [-0.39, 0.29) is 0 Å². The molecule has 0 aliphatic rings. The van der Waals surface area contributed by atoms with Crippen LogP contribution in [0, 0.1) is 0 Å². The Morgan fingerprint density at radius 1 is 0.318 bits per heavy atom. The number of hydrogen-bond acceptors (Lipinski definition) is 2. The predicted molar refractivity (Wildman–Crippen MR) is 186 cm³/mol. The van der Waals surface area contributed by atoms with Crippen molar-refractivity contribution in [1.29, 1.82) is 0 Å². The van der Waals surface area contributed by atoms with Gasteiger partial charge in [0.25, 0.3) is 0 Å². The fraction of sp³-hybridized carbons (Fsp3) is 0. The SMILES string of the molecule is c1ccc(-c2cccc(N(c3ccc4cc5oc6ccccc6c5cc4c3)c3ccc4ccc5ccccc5c4c3)c2)cc1. The van der Waals surface area contributed by atoms with E-state index >= 15 is 0 Å². The molecule has 0 saturated heterocycles. The molecule has 2 nitrogen and oxygen atoms in total. The minimum Gasteiger partial charge on any atom is -0.456 e. The average Bonchev–Trinajstić information content (AvgIpc) is 3.45. The number of anilines is 3. The molecule has 9 rings (SSSR count). The normalized spacial score (nSPS) is 11.6. The van der Waals surface area contributed by atoms with Crippen molar-refractivity contribution in [3.05, 3.63) is 164 Å². The van der Waals surface area contributed by atoms with Crippen LogP contribution in [0.3, 0.4) is 0 Å². The molecule has 0 aliphatic heterocycles. The zero-order valence-corrected chi connectivity index (χ0v) is 23.9. The molecule has 1 aromatic heterocycles. The van der Waals surface area contributed by atoms with Gasteiger partial charge < -0.3 is 9.32 Å². The summed E-state index contributed by atoms with van der Waals surface area (Å²) in [4.78, 5) is 2.38. The van der Waals surface area contributed by atoms with E-state index in [1.807, 2.05) is 12.1 Å². The third-order valence-electron chi connectivity index (χ3n) is 8.78. The fourth-order valence-corrected chi connectivity index (χ4v) is 6.63. The summed E-state index contributed by atoms with van der Waals surface area (Å²) >= 11 is 0. The summed E-state index contributed by atoms with van der Waals surface area (Å²) in [5, 5.41) is 9.60. The van der Waals surface area contributed by atoms with Crippen molar-refractivity contribution in [1.82, 2.24) is 0 Å². The second-order valence-corrected chi connectivity index (χ2v) is 11.4. The van der Waals surface area contributed by atoms with Gasteiger partial charge in [-0.05, 0) is 98.0 Å². The highest BCUT2D eigenvalue weighted by Gasteiger charge is 2.16. The molecule has 1 heterocycles. The van der Waals surface area contributed by atoms with Gasteiger partial charge in [0.1, 0.15) is 11.2 Å². The molecule has 44 heavy (non-hydrogen) atoms. The van der Waals surface area contributed by atoms with E-state index in [1.165, 1.54) is 38.1 Å². The van der Waals surface area contributed by atoms with E-state index in [1.54, 1.807) is 0 Å². The Hall–Kier alpha value is -5.86. The highest BCUT2D eigenvalue weighted by molar-refractivity contribution is 6.11. The molecule has 9 aromatic rings. The summed E-state index contributed by atoms with van der Waals surface area (Å²) in [7, 11) is 0. The van der Waals surface area contributed by atoms with Gasteiger partial charge >= 0.3 is 0 Å². The zero-order chi connectivity index (χ0) is 29.0. The molecule has 0 amide bonds. The zero-order valence-electron chi connectivity index (χ0n) is 23.9. The summed E-state index contributed by atoms with van der Waals surface area (Å²) in [5.74, 6) is 0. The largest absolute Gasteiger partial charge is 0.456 e. The summed E-state index contributed by atoms with van der Waals surface area (Å²) in [5.41, 5.74) is 7.56. The number of hydrogen-bond donors (Lipinski definition) is 0. The average molecular weight is 562 g/mol. The van der Waals surface area contributed by atoms with Crippen LogP contribution in [0.2, 0.25) is 0 Å². The van der Waals surface area contributed by atoms with Crippen LogP contribution >= 0.6 is 0 Å². The molecule has 0 atom stereocenters. The van der Waals surface area contributed by atoms with Crippen molar-refractivity contribution < 1.29 is 4.42 Å². The molecule has 8 aromatic carbocycles. The van der Waals surface area contributed by atoms with E-state index < -0.39 is 0 Å². The standard InChI is InChI=1S/C42H27NO/c1-2-9-28(10-3-1)31-12-8-13-34(23-31)43(36-21-19-30-18-17-29-11-4-5-14-37(29)39(30)27-36)35-22-20-32-26-42-40(25-33(32)24-35)38-15-6-7-16-41(38)44-42/h1-27H. The quantitative estimate of drug-likeness (QED) is 0.199. The van der Waals surface area contributed by atoms with E-state index in [9.17, 15) is 0 Å². The smallest absolute Gasteiger partial charge is 0.136 e. The van der Waals surface area contributed by atoms with Crippen LogP contribution in [0.1, 0.15) is 0 Å². The molecule has 0 aliphatic carbocycles. The molecule has 0 unspecified atom stereocenters. The van der Waals surface area contributed by atoms with Gasteiger partial charge in [0.15, 0.2) is 0 Å². The summed E-state index contributed by atoms with van der Waals surface area (Å²) in [6, 6.07) is 58.8.